The van der Waals surface area contributed by atoms with Crippen LogP contribution in [0.5, 0.6) is 0 Å². The van der Waals surface area contributed by atoms with Crippen LogP contribution in [0.2, 0.25) is 0 Å². The van der Waals surface area contributed by atoms with Crippen LogP contribution in [0.1, 0.15) is 40.5 Å². The van der Waals surface area contributed by atoms with Crippen molar-refractivity contribution < 1.29 is 4.74 Å². The van der Waals surface area contributed by atoms with E-state index in [4.69, 9.17) is 4.74 Å². The average Bonchev–Trinajstić information content (AvgIpc) is 2.01. The van der Waals surface area contributed by atoms with E-state index in [2.05, 4.69) is 17.2 Å². The van der Waals surface area contributed by atoms with Gasteiger partial charge >= 0.3 is 0 Å². The number of ether oxygens (including phenoxy) is 1. The molecule has 1 atom stereocenters. The number of nitrogens with zero attached hydrogens (tertiary/aromatic N) is 2. The Balaban J connectivity index is 4.34. The predicted octanol–water partition coefficient (Wildman–Crippen LogP) is 3.21. The normalized spacial score (nSPS) is 17.7. The first-order valence-electron chi connectivity index (χ1n) is 4.61. The fraction of sp³-hybridized carbons (Fsp3) is 0.900. The van der Waals surface area contributed by atoms with Crippen LogP contribution in [0.3, 0.4) is 0 Å². The van der Waals surface area contributed by atoms with E-state index in [1.54, 1.807) is 7.11 Å². The summed E-state index contributed by atoms with van der Waals surface area (Å²) >= 11 is 0. The third kappa shape index (κ3) is 5.75. The van der Waals surface area contributed by atoms with Crippen molar-refractivity contribution in [1.29, 1.82) is 0 Å². The van der Waals surface area contributed by atoms with Crippen LogP contribution in [-0.4, -0.2) is 18.4 Å². The van der Waals surface area contributed by atoms with Crippen molar-refractivity contribution in [3.63, 3.8) is 0 Å². The minimum Gasteiger partial charge on any atom is -0.356 e. The Kier molecular flexibility index (Phi) is 4.54. The van der Waals surface area contributed by atoms with Crippen LogP contribution in [-0.2, 0) is 4.74 Å². The molecule has 0 fully saturated rings. The summed E-state index contributed by atoms with van der Waals surface area (Å²) in [4.78, 5) is 0. The average molecular weight is 185 g/mol. The molecular formula is C10H21N2O. The van der Waals surface area contributed by atoms with Gasteiger partial charge in [-0.2, -0.15) is 10.2 Å². The molecule has 0 amide bonds. The first kappa shape index (κ1) is 12.6. The van der Waals surface area contributed by atoms with Gasteiger partial charge in [0, 0.05) is 7.11 Å². The SMILES string of the molecule is [CH2]CCC(C)(/N=N/C(C)(C)C)OC. The maximum Gasteiger partial charge on any atom is 0.175 e. The third-order valence-corrected chi connectivity index (χ3v) is 1.64. The van der Waals surface area contributed by atoms with Gasteiger partial charge in [-0.25, -0.2) is 0 Å². The molecule has 0 aliphatic heterocycles. The van der Waals surface area contributed by atoms with Crippen molar-refractivity contribution in [3.8, 4) is 0 Å². The van der Waals surface area contributed by atoms with Gasteiger partial charge in [0.25, 0.3) is 0 Å². The number of azo groups is 1. The smallest absolute Gasteiger partial charge is 0.175 e. The molecule has 0 rings (SSSR count). The van der Waals surface area contributed by atoms with Crippen LogP contribution in [0.25, 0.3) is 0 Å². The zero-order chi connectivity index (χ0) is 10.5. The summed E-state index contributed by atoms with van der Waals surface area (Å²) in [6.45, 7) is 11.7. The van der Waals surface area contributed by atoms with Crippen LogP contribution in [0, 0.1) is 6.92 Å². The molecular weight excluding hydrogens is 164 g/mol. The molecule has 0 heterocycles. The lowest BCUT2D eigenvalue weighted by Crippen LogP contribution is -2.25. The Labute approximate surface area is 81.6 Å². The quantitative estimate of drug-likeness (QED) is 0.619. The van der Waals surface area contributed by atoms with E-state index < -0.39 is 5.72 Å². The Bertz CT molecular complexity index is 172. The lowest BCUT2D eigenvalue weighted by molar-refractivity contribution is -0.00106. The summed E-state index contributed by atoms with van der Waals surface area (Å²) in [6, 6.07) is 0. The molecule has 0 aromatic carbocycles. The Hall–Kier alpha value is -0.440. The lowest BCUT2D eigenvalue weighted by Gasteiger charge is -2.23. The van der Waals surface area contributed by atoms with Gasteiger partial charge in [0.15, 0.2) is 5.72 Å². The zero-order valence-corrected chi connectivity index (χ0v) is 9.42. The number of hydrogen-bond acceptors (Lipinski definition) is 3. The second-order valence-corrected chi connectivity index (χ2v) is 4.35. The van der Waals surface area contributed by atoms with Crippen molar-refractivity contribution in [3.05, 3.63) is 6.92 Å². The molecule has 3 heteroatoms. The van der Waals surface area contributed by atoms with Gasteiger partial charge in [0.2, 0.25) is 0 Å². The Morgan fingerprint density at radius 1 is 1.15 bits per heavy atom. The van der Waals surface area contributed by atoms with Gasteiger partial charge < -0.3 is 4.74 Å². The van der Waals surface area contributed by atoms with E-state index in [0.29, 0.717) is 0 Å². The molecule has 0 saturated carbocycles. The Morgan fingerprint density at radius 2 is 1.69 bits per heavy atom. The van der Waals surface area contributed by atoms with Crippen LogP contribution >= 0.6 is 0 Å². The third-order valence-electron chi connectivity index (χ3n) is 1.64. The molecule has 0 spiro atoms. The molecule has 0 bridgehead atoms. The first-order chi connectivity index (χ1) is 5.83. The molecule has 0 aromatic heterocycles. The fourth-order valence-corrected chi connectivity index (χ4v) is 0.777. The lowest BCUT2D eigenvalue weighted by atomic mass is 10.1. The molecule has 0 saturated heterocycles. The Morgan fingerprint density at radius 3 is 2.00 bits per heavy atom. The molecule has 3 nitrogen and oxygen atoms in total. The van der Waals surface area contributed by atoms with E-state index in [1.807, 2.05) is 27.7 Å². The largest absolute Gasteiger partial charge is 0.356 e. The molecule has 1 unspecified atom stereocenters. The number of methoxy groups -OCH3 is 1. The molecule has 13 heavy (non-hydrogen) atoms. The highest BCUT2D eigenvalue weighted by atomic mass is 16.5. The first-order valence-corrected chi connectivity index (χ1v) is 4.61. The van der Waals surface area contributed by atoms with Crippen LogP contribution < -0.4 is 0 Å². The molecule has 0 aliphatic rings. The van der Waals surface area contributed by atoms with Crippen molar-refractivity contribution in [2.45, 2.75) is 51.8 Å². The van der Waals surface area contributed by atoms with E-state index >= 15 is 0 Å². The second kappa shape index (κ2) is 4.70. The summed E-state index contributed by atoms with van der Waals surface area (Å²) in [5, 5.41) is 8.39. The van der Waals surface area contributed by atoms with E-state index in [1.165, 1.54) is 0 Å². The molecule has 1 radical (unpaired) electrons. The van der Waals surface area contributed by atoms with Gasteiger partial charge in [0.1, 0.15) is 0 Å². The van der Waals surface area contributed by atoms with Gasteiger partial charge in [-0.1, -0.05) is 6.92 Å². The molecule has 77 valence electrons. The van der Waals surface area contributed by atoms with Gasteiger partial charge in [-0.3, -0.25) is 0 Å². The monoisotopic (exact) mass is 185 g/mol. The highest BCUT2D eigenvalue weighted by molar-refractivity contribution is 4.74. The summed E-state index contributed by atoms with van der Waals surface area (Å²) in [7, 11) is 1.65. The highest BCUT2D eigenvalue weighted by Crippen LogP contribution is 2.21. The van der Waals surface area contributed by atoms with E-state index in [0.717, 1.165) is 12.8 Å². The summed E-state index contributed by atoms with van der Waals surface area (Å²) in [6.07, 6.45) is 1.59. The standard InChI is InChI=1S/C10H21N2O/c1-7-8-10(5,13-6)12-11-9(2,3)4/h1,7-8H2,2-6H3/b12-11+. The molecule has 0 N–H and O–H groups in total. The van der Waals surface area contributed by atoms with Crippen LogP contribution in [0.15, 0.2) is 10.2 Å². The van der Waals surface area contributed by atoms with Crippen molar-refractivity contribution in [2.75, 3.05) is 7.11 Å². The summed E-state index contributed by atoms with van der Waals surface area (Å²) in [5.74, 6) is 0. The topological polar surface area (TPSA) is 34.0 Å². The predicted molar refractivity (Wildman–Crippen MR) is 54.6 cm³/mol. The van der Waals surface area contributed by atoms with Crippen molar-refractivity contribution in [1.82, 2.24) is 0 Å². The van der Waals surface area contributed by atoms with Gasteiger partial charge in [-0.05, 0) is 40.5 Å². The van der Waals surface area contributed by atoms with Crippen molar-refractivity contribution in [2.24, 2.45) is 10.2 Å². The van der Waals surface area contributed by atoms with Gasteiger partial charge in [0.05, 0.1) is 5.54 Å². The molecule has 0 aliphatic carbocycles. The minimum atomic E-state index is -0.505. The fourth-order valence-electron chi connectivity index (χ4n) is 0.777. The number of rotatable bonds is 4. The van der Waals surface area contributed by atoms with E-state index in [-0.39, 0.29) is 5.54 Å². The van der Waals surface area contributed by atoms with Crippen molar-refractivity contribution >= 4 is 0 Å². The maximum atomic E-state index is 5.27. The number of hydrogen-bond donors (Lipinski definition) is 0. The minimum absolute atomic E-state index is 0.138. The second-order valence-electron chi connectivity index (χ2n) is 4.35. The highest BCUT2D eigenvalue weighted by Gasteiger charge is 2.22. The van der Waals surface area contributed by atoms with Gasteiger partial charge in [-0.15, -0.1) is 0 Å². The van der Waals surface area contributed by atoms with Crippen LogP contribution in [0.4, 0.5) is 0 Å². The maximum absolute atomic E-state index is 5.27. The molecule has 0 aromatic rings. The zero-order valence-electron chi connectivity index (χ0n) is 9.42. The van der Waals surface area contributed by atoms with E-state index in [9.17, 15) is 0 Å². The summed E-state index contributed by atoms with van der Waals surface area (Å²) in [5.41, 5.74) is -0.643. The summed E-state index contributed by atoms with van der Waals surface area (Å²) < 4.78 is 5.27.